The van der Waals surface area contributed by atoms with Crippen LogP contribution in [0.25, 0.3) is 0 Å². The van der Waals surface area contributed by atoms with Crippen molar-refractivity contribution in [1.29, 1.82) is 0 Å². The number of likely N-dealkylation sites (tertiary alicyclic amines) is 1. The minimum Gasteiger partial charge on any atom is -0.393 e. The van der Waals surface area contributed by atoms with Crippen molar-refractivity contribution in [2.75, 3.05) is 13.1 Å². The van der Waals surface area contributed by atoms with Gasteiger partial charge in [0.05, 0.1) is 36.3 Å². The zero-order valence-electron chi connectivity index (χ0n) is 15.7. The Bertz CT molecular complexity index is 781. The number of benzene rings is 1. The van der Waals surface area contributed by atoms with Crippen molar-refractivity contribution in [1.82, 2.24) is 14.9 Å². The van der Waals surface area contributed by atoms with Crippen molar-refractivity contribution < 1.29 is 14.6 Å². The lowest BCUT2D eigenvalue weighted by Gasteiger charge is -2.48. The Kier molecular flexibility index (Phi) is 5.02. The van der Waals surface area contributed by atoms with Gasteiger partial charge in [-0.05, 0) is 25.3 Å². The van der Waals surface area contributed by atoms with Gasteiger partial charge >= 0.3 is 0 Å². The van der Waals surface area contributed by atoms with Gasteiger partial charge in [-0.2, -0.15) is 0 Å². The molecular weight excluding hydrogens is 342 g/mol. The SMILES string of the molecule is Cc1[nH]cnc1CC(=O)N1CCC2(CC1)C[C@@H](O)C[C@H](c1ccccc1)O2. The largest absolute Gasteiger partial charge is 0.393 e. The fourth-order valence-electron chi connectivity index (χ4n) is 4.34. The van der Waals surface area contributed by atoms with Crippen LogP contribution in [0.3, 0.4) is 0 Å². The van der Waals surface area contributed by atoms with Crippen LogP contribution in [-0.4, -0.2) is 50.7 Å². The number of carbonyl (C=O) groups excluding carboxylic acids is 1. The van der Waals surface area contributed by atoms with Gasteiger partial charge in [0.15, 0.2) is 0 Å². The lowest BCUT2D eigenvalue weighted by Crippen LogP contribution is -2.52. The lowest BCUT2D eigenvalue weighted by atomic mass is 9.81. The van der Waals surface area contributed by atoms with E-state index in [9.17, 15) is 9.90 Å². The van der Waals surface area contributed by atoms with Gasteiger partial charge in [0.1, 0.15) is 0 Å². The molecule has 0 radical (unpaired) electrons. The average Bonchev–Trinajstić information content (AvgIpc) is 3.07. The molecule has 0 bridgehead atoms. The topological polar surface area (TPSA) is 78.5 Å². The van der Waals surface area contributed by atoms with E-state index in [1.807, 2.05) is 30.0 Å². The number of amides is 1. The molecule has 2 saturated heterocycles. The maximum absolute atomic E-state index is 12.6. The Morgan fingerprint density at radius 3 is 2.74 bits per heavy atom. The molecule has 2 atom stereocenters. The molecule has 3 heterocycles. The number of aromatic nitrogens is 2. The molecule has 1 amide bonds. The second-order valence-electron chi connectivity index (χ2n) is 7.83. The first-order chi connectivity index (χ1) is 13.0. The lowest BCUT2D eigenvalue weighted by molar-refractivity contribution is -0.185. The Morgan fingerprint density at radius 2 is 2.07 bits per heavy atom. The molecule has 4 rings (SSSR count). The Hall–Kier alpha value is -2.18. The normalized spacial score (nSPS) is 24.9. The van der Waals surface area contributed by atoms with Crippen molar-refractivity contribution in [3.05, 3.63) is 53.6 Å². The summed E-state index contributed by atoms with van der Waals surface area (Å²) in [5.74, 6) is 0.107. The van der Waals surface area contributed by atoms with Crippen LogP contribution in [0, 0.1) is 6.92 Å². The molecule has 144 valence electrons. The van der Waals surface area contributed by atoms with Gasteiger partial charge in [-0.15, -0.1) is 0 Å². The van der Waals surface area contributed by atoms with E-state index < -0.39 is 0 Å². The van der Waals surface area contributed by atoms with Gasteiger partial charge in [-0.1, -0.05) is 30.3 Å². The van der Waals surface area contributed by atoms with E-state index in [1.165, 1.54) is 0 Å². The molecule has 2 aliphatic heterocycles. The maximum Gasteiger partial charge on any atom is 0.228 e. The first-order valence-electron chi connectivity index (χ1n) is 9.72. The van der Waals surface area contributed by atoms with Gasteiger partial charge < -0.3 is 19.7 Å². The van der Waals surface area contributed by atoms with Crippen molar-refractivity contribution in [3.63, 3.8) is 0 Å². The number of aromatic amines is 1. The molecule has 2 N–H and O–H groups in total. The van der Waals surface area contributed by atoms with Gasteiger partial charge in [0, 0.05) is 31.6 Å². The number of hydrogen-bond donors (Lipinski definition) is 2. The van der Waals surface area contributed by atoms with Crippen LogP contribution in [0.15, 0.2) is 36.7 Å². The molecule has 1 aromatic carbocycles. The second-order valence-corrected chi connectivity index (χ2v) is 7.83. The summed E-state index contributed by atoms with van der Waals surface area (Å²) in [5, 5.41) is 10.5. The minimum absolute atomic E-state index is 0.0797. The van der Waals surface area contributed by atoms with Crippen LogP contribution >= 0.6 is 0 Å². The third-order valence-corrected chi connectivity index (χ3v) is 5.94. The quantitative estimate of drug-likeness (QED) is 0.871. The molecule has 0 aliphatic carbocycles. The number of aliphatic hydroxyl groups excluding tert-OH is 1. The van der Waals surface area contributed by atoms with Crippen LogP contribution in [0.4, 0.5) is 0 Å². The molecule has 2 fully saturated rings. The second kappa shape index (κ2) is 7.44. The number of imidazole rings is 1. The molecule has 2 aromatic rings. The van der Waals surface area contributed by atoms with E-state index in [1.54, 1.807) is 6.33 Å². The van der Waals surface area contributed by atoms with Crippen molar-refractivity contribution in [2.24, 2.45) is 0 Å². The third kappa shape index (κ3) is 3.92. The number of nitrogens with zero attached hydrogens (tertiary/aromatic N) is 2. The highest BCUT2D eigenvalue weighted by Gasteiger charge is 2.44. The van der Waals surface area contributed by atoms with Gasteiger partial charge in [0.2, 0.25) is 5.91 Å². The van der Waals surface area contributed by atoms with Gasteiger partial charge in [-0.25, -0.2) is 4.98 Å². The molecule has 27 heavy (non-hydrogen) atoms. The monoisotopic (exact) mass is 369 g/mol. The van der Waals surface area contributed by atoms with Crippen LogP contribution in [0.2, 0.25) is 0 Å². The summed E-state index contributed by atoms with van der Waals surface area (Å²) in [4.78, 5) is 21.8. The summed E-state index contributed by atoms with van der Waals surface area (Å²) in [7, 11) is 0. The molecule has 0 unspecified atom stereocenters. The first-order valence-corrected chi connectivity index (χ1v) is 9.72. The zero-order valence-corrected chi connectivity index (χ0v) is 15.7. The fraction of sp³-hybridized carbons (Fsp3) is 0.524. The van der Waals surface area contributed by atoms with Gasteiger partial charge in [0.25, 0.3) is 0 Å². The molecule has 1 spiro atoms. The van der Waals surface area contributed by atoms with E-state index in [0.717, 1.165) is 29.8 Å². The van der Waals surface area contributed by atoms with Crippen molar-refractivity contribution in [3.8, 4) is 0 Å². The zero-order chi connectivity index (χ0) is 18.9. The summed E-state index contributed by atoms with van der Waals surface area (Å²) in [6.07, 6.45) is 4.32. The number of carbonyl (C=O) groups is 1. The number of nitrogens with one attached hydrogen (secondary N) is 1. The Labute approximate surface area is 159 Å². The van der Waals surface area contributed by atoms with Gasteiger partial charge in [-0.3, -0.25) is 4.79 Å². The van der Waals surface area contributed by atoms with Crippen LogP contribution < -0.4 is 0 Å². The number of rotatable bonds is 3. The molecule has 2 aliphatic rings. The summed E-state index contributed by atoms with van der Waals surface area (Å²) in [5.41, 5.74) is 2.54. The molecule has 6 heteroatoms. The number of hydrogen-bond acceptors (Lipinski definition) is 4. The van der Waals surface area contributed by atoms with Crippen molar-refractivity contribution in [2.45, 2.75) is 56.8 Å². The smallest absolute Gasteiger partial charge is 0.228 e. The highest BCUT2D eigenvalue weighted by molar-refractivity contribution is 5.78. The molecule has 0 saturated carbocycles. The van der Waals surface area contributed by atoms with E-state index in [4.69, 9.17) is 4.74 Å². The van der Waals surface area contributed by atoms with Crippen LogP contribution in [0.5, 0.6) is 0 Å². The number of ether oxygens (including phenoxy) is 1. The Morgan fingerprint density at radius 1 is 1.33 bits per heavy atom. The van der Waals surface area contributed by atoms with E-state index in [-0.39, 0.29) is 23.7 Å². The summed E-state index contributed by atoms with van der Waals surface area (Å²) in [6.45, 7) is 3.26. The van der Waals surface area contributed by atoms with Crippen LogP contribution in [-0.2, 0) is 16.0 Å². The standard InChI is InChI=1S/C21H27N3O3/c1-15-18(23-14-22-15)12-20(26)24-9-7-21(8-10-24)13-17(25)11-19(27-21)16-5-3-2-4-6-16/h2-6,14,17,19,25H,7-13H2,1H3,(H,22,23)/t17-,19+/m0/s1. The number of aliphatic hydroxyl groups is 1. The number of piperidine rings is 1. The predicted molar refractivity (Wildman–Crippen MR) is 101 cm³/mol. The highest BCUT2D eigenvalue weighted by Crippen LogP contribution is 2.42. The van der Waals surface area contributed by atoms with E-state index in [2.05, 4.69) is 22.1 Å². The van der Waals surface area contributed by atoms with E-state index >= 15 is 0 Å². The minimum atomic E-state index is -0.363. The van der Waals surface area contributed by atoms with E-state index in [0.29, 0.717) is 32.4 Å². The third-order valence-electron chi connectivity index (χ3n) is 5.94. The predicted octanol–water partition coefficient (Wildman–Crippen LogP) is 2.53. The Balaban J connectivity index is 1.39. The number of aryl methyl sites for hydroxylation is 1. The molecule has 1 aromatic heterocycles. The molecular formula is C21H27N3O3. The van der Waals surface area contributed by atoms with Crippen molar-refractivity contribution >= 4 is 5.91 Å². The fourth-order valence-corrected chi connectivity index (χ4v) is 4.34. The average molecular weight is 369 g/mol. The van der Waals surface area contributed by atoms with Crippen LogP contribution in [0.1, 0.15) is 48.7 Å². The summed E-state index contributed by atoms with van der Waals surface area (Å²) >= 11 is 0. The molecule has 6 nitrogen and oxygen atoms in total. The summed E-state index contributed by atoms with van der Waals surface area (Å²) in [6, 6.07) is 10.1. The summed E-state index contributed by atoms with van der Waals surface area (Å²) < 4.78 is 6.51. The maximum atomic E-state index is 12.6. The highest BCUT2D eigenvalue weighted by atomic mass is 16.5. The number of H-pyrrole nitrogens is 1. The first kappa shape index (κ1) is 18.2.